The predicted molar refractivity (Wildman–Crippen MR) is 72.2 cm³/mol. The van der Waals surface area contributed by atoms with E-state index in [4.69, 9.17) is 0 Å². The minimum absolute atomic E-state index is 0.0202. The van der Waals surface area contributed by atoms with Gasteiger partial charge in [-0.3, -0.25) is 4.90 Å². The van der Waals surface area contributed by atoms with E-state index < -0.39 is 12.6 Å². The van der Waals surface area contributed by atoms with Crippen LogP contribution in [0.15, 0.2) is 0 Å². The van der Waals surface area contributed by atoms with Crippen LogP contribution in [0.3, 0.4) is 0 Å². The van der Waals surface area contributed by atoms with Gasteiger partial charge in [-0.1, -0.05) is 27.7 Å². The maximum absolute atomic E-state index is 12.5. The Hall–Kier alpha value is -0.290. The van der Waals surface area contributed by atoms with Gasteiger partial charge in [-0.15, -0.1) is 0 Å². The molecule has 0 radical (unpaired) electrons. The highest BCUT2D eigenvalue weighted by Crippen LogP contribution is 2.31. The number of hydrogen-bond donors (Lipinski definition) is 1. The lowest BCUT2D eigenvalue weighted by Gasteiger charge is -2.50. The number of hydrogen-bond acceptors (Lipinski definition) is 2. The van der Waals surface area contributed by atoms with Crippen LogP contribution in [0.1, 0.15) is 47.5 Å². The third kappa shape index (κ3) is 4.95. The molecule has 0 amide bonds. The van der Waals surface area contributed by atoms with Crippen molar-refractivity contribution in [1.29, 1.82) is 0 Å². The number of nitrogens with one attached hydrogen (secondary N) is 1. The van der Waals surface area contributed by atoms with Crippen LogP contribution in [-0.2, 0) is 0 Å². The highest BCUT2D eigenvalue weighted by molar-refractivity contribution is 4.98. The molecule has 2 atom stereocenters. The standard InChI is InChI=1S/C14H27F3N2/c1-6-13(5)10-19(8-7-14(15,16)17)11(9-18-13)12(2,3)4/h11,18H,6-10H2,1-5H3. The smallest absolute Gasteiger partial charge is 0.309 e. The monoisotopic (exact) mass is 280 g/mol. The topological polar surface area (TPSA) is 15.3 Å². The highest BCUT2D eigenvalue weighted by Gasteiger charge is 2.41. The number of halogens is 3. The SMILES string of the molecule is CCC1(C)CN(CCC(F)(F)F)C(C(C)(C)C)CN1. The van der Waals surface area contributed by atoms with Crippen molar-refractivity contribution in [2.45, 2.75) is 65.2 Å². The fourth-order valence-corrected chi connectivity index (χ4v) is 2.68. The first kappa shape index (κ1) is 16.8. The molecule has 2 unspecified atom stereocenters. The molecule has 19 heavy (non-hydrogen) atoms. The minimum Gasteiger partial charge on any atom is -0.309 e. The van der Waals surface area contributed by atoms with E-state index in [1.165, 1.54) is 0 Å². The normalized spacial score (nSPS) is 30.6. The van der Waals surface area contributed by atoms with Crippen LogP contribution in [0, 0.1) is 5.41 Å². The largest absolute Gasteiger partial charge is 0.390 e. The van der Waals surface area contributed by atoms with Gasteiger partial charge in [-0.2, -0.15) is 13.2 Å². The van der Waals surface area contributed by atoms with Gasteiger partial charge in [0.25, 0.3) is 0 Å². The molecule has 1 aliphatic rings. The molecular weight excluding hydrogens is 253 g/mol. The molecule has 1 N–H and O–H groups in total. The van der Waals surface area contributed by atoms with Gasteiger partial charge < -0.3 is 5.32 Å². The van der Waals surface area contributed by atoms with Crippen molar-refractivity contribution >= 4 is 0 Å². The van der Waals surface area contributed by atoms with Gasteiger partial charge in [-0.25, -0.2) is 0 Å². The van der Waals surface area contributed by atoms with Crippen molar-refractivity contribution in [2.75, 3.05) is 19.6 Å². The first-order valence-electron chi connectivity index (χ1n) is 7.03. The van der Waals surface area contributed by atoms with E-state index in [-0.39, 0.29) is 23.5 Å². The Morgan fingerprint density at radius 2 is 1.84 bits per heavy atom. The molecule has 0 aromatic rings. The van der Waals surface area contributed by atoms with Crippen LogP contribution in [-0.4, -0.2) is 42.3 Å². The Morgan fingerprint density at radius 1 is 1.26 bits per heavy atom. The third-order valence-corrected chi connectivity index (χ3v) is 4.18. The second kappa shape index (κ2) is 5.60. The zero-order valence-corrected chi connectivity index (χ0v) is 12.7. The fraction of sp³-hybridized carbons (Fsp3) is 1.00. The summed E-state index contributed by atoms with van der Waals surface area (Å²) in [4.78, 5) is 2.02. The summed E-state index contributed by atoms with van der Waals surface area (Å²) in [6.07, 6.45) is -3.87. The van der Waals surface area contributed by atoms with Crippen LogP contribution in [0.5, 0.6) is 0 Å². The van der Waals surface area contributed by atoms with Crippen LogP contribution >= 0.6 is 0 Å². The van der Waals surface area contributed by atoms with Gasteiger partial charge in [0, 0.05) is 31.2 Å². The van der Waals surface area contributed by atoms with Gasteiger partial charge in [0.15, 0.2) is 0 Å². The summed E-state index contributed by atoms with van der Waals surface area (Å²) in [5.41, 5.74) is -0.0962. The lowest BCUT2D eigenvalue weighted by atomic mass is 9.81. The lowest BCUT2D eigenvalue weighted by Crippen LogP contribution is -2.65. The van der Waals surface area contributed by atoms with Gasteiger partial charge >= 0.3 is 6.18 Å². The summed E-state index contributed by atoms with van der Waals surface area (Å²) in [6.45, 7) is 12.0. The van der Waals surface area contributed by atoms with Crippen LogP contribution < -0.4 is 5.32 Å². The van der Waals surface area contributed by atoms with E-state index in [1.807, 2.05) is 4.90 Å². The van der Waals surface area contributed by atoms with E-state index in [1.54, 1.807) is 0 Å². The molecule has 1 heterocycles. The first-order valence-corrected chi connectivity index (χ1v) is 7.03. The summed E-state index contributed by atoms with van der Waals surface area (Å²) in [5.74, 6) is 0. The highest BCUT2D eigenvalue weighted by atomic mass is 19.4. The maximum atomic E-state index is 12.5. The fourth-order valence-electron chi connectivity index (χ4n) is 2.68. The predicted octanol–water partition coefficient (Wildman–Crippen LogP) is 3.43. The molecule has 114 valence electrons. The molecule has 1 fully saturated rings. The molecule has 0 aromatic heterocycles. The molecule has 1 aliphatic heterocycles. The van der Waals surface area contributed by atoms with E-state index in [9.17, 15) is 13.2 Å². The van der Waals surface area contributed by atoms with E-state index in [0.717, 1.165) is 13.0 Å². The lowest BCUT2D eigenvalue weighted by molar-refractivity contribution is -0.142. The van der Waals surface area contributed by atoms with Crippen molar-refractivity contribution < 1.29 is 13.2 Å². The van der Waals surface area contributed by atoms with Gasteiger partial charge in [0.2, 0.25) is 0 Å². The van der Waals surface area contributed by atoms with Gasteiger partial charge in [0.1, 0.15) is 0 Å². The third-order valence-electron chi connectivity index (χ3n) is 4.18. The average molecular weight is 280 g/mol. The minimum atomic E-state index is -4.07. The van der Waals surface area contributed by atoms with Crippen molar-refractivity contribution in [3.8, 4) is 0 Å². The summed E-state index contributed by atoms with van der Waals surface area (Å²) in [7, 11) is 0. The Kier molecular flexibility index (Phi) is 4.94. The van der Waals surface area contributed by atoms with Gasteiger partial charge in [-0.05, 0) is 18.8 Å². The second-order valence-electron chi connectivity index (χ2n) is 7.01. The van der Waals surface area contributed by atoms with E-state index >= 15 is 0 Å². The zero-order valence-electron chi connectivity index (χ0n) is 12.7. The molecule has 0 bridgehead atoms. The first-order chi connectivity index (χ1) is 8.47. The number of nitrogens with zero attached hydrogens (tertiary/aromatic N) is 1. The maximum Gasteiger partial charge on any atom is 0.390 e. The molecule has 2 nitrogen and oxygen atoms in total. The number of alkyl halides is 3. The molecule has 0 aromatic carbocycles. The molecule has 0 saturated carbocycles. The van der Waals surface area contributed by atoms with Crippen molar-refractivity contribution in [3.63, 3.8) is 0 Å². The number of piperazine rings is 1. The summed E-state index contributed by atoms with van der Waals surface area (Å²) < 4.78 is 37.4. The summed E-state index contributed by atoms with van der Waals surface area (Å²) in [5, 5.41) is 3.51. The van der Waals surface area contributed by atoms with Crippen LogP contribution in [0.2, 0.25) is 0 Å². The Balaban J connectivity index is 2.77. The molecule has 1 saturated heterocycles. The Morgan fingerprint density at radius 3 is 2.26 bits per heavy atom. The molecule has 0 aliphatic carbocycles. The summed E-state index contributed by atoms with van der Waals surface area (Å²) >= 11 is 0. The summed E-state index contributed by atoms with van der Waals surface area (Å²) in [6, 6.07) is 0.148. The quantitative estimate of drug-likeness (QED) is 0.852. The second-order valence-corrected chi connectivity index (χ2v) is 7.01. The Labute approximate surface area is 114 Å². The van der Waals surface area contributed by atoms with Gasteiger partial charge in [0.05, 0.1) is 6.42 Å². The average Bonchev–Trinajstić information content (AvgIpc) is 2.24. The van der Waals surface area contributed by atoms with Crippen molar-refractivity contribution in [1.82, 2.24) is 10.2 Å². The molecule has 0 spiro atoms. The van der Waals surface area contributed by atoms with Crippen molar-refractivity contribution in [2.24, 2.45) is 5.41 Å². The van der Waals surface area contributed by atoms with Crippen LogP contribution in [0.4, 0.5) is 13.2 Å². The molecule has 1 rings (SSSR count). The molecular formula is C14H27F3N2. The Bertz CT molecular complexity index is 296. The van der Waals surface area contributed by atoms with E-state index in [2.05, 4.69) is 39.9 Å². The van der Waals surface area contributed by atoms with Crippen molar-refractivity contribution in [3.05, 3.63) is 0 Å². The van der Waals surface area contributed by atoms with Crippen LogP contribution in [0.25, 0.3) is 0 Å². The zero-order chi connectivity index (χ0) is 14.9. The molecule has 5 heteroatoms. The van der Waals surface area contributed by atoms with E-state index in [0.29, 0.717) is 6.54 Å². The number of rotatable bonds is 3.